The molecule has 1 heterocycles. The molecule has 146 valence electrons. The number of amides is 1. The number of aromatic nitrogens is 1. The molecule has 3 rings (SSSR count). The lowest BCUT2D eigenvalue weighted by Crippen LogP contribution is -2.34. The van der Waals surface area contributed by atoms with Gasteiger partial charge in [-0.3, -0.25) is 4.79 Å². The Balaban J connectivity index is 1.78. The van der Waals surface area contributed by atoms with Crippen molar-refractivity contribution in [3.05, 3.63) is 93.2 Å². The summed E-state index contributed by atoms with van der Waals surface area (Å²) < 4.78 is 8.30. The number of hydrogen-bond acceptors (Lipinski definition) is 2. The monoisotopic (exact) mass is 460 g/mol. The molecule has 0 spiro atoms. The van der Waals surface area contributed by atoms with Gasteiger partial charge in [-0.2, -0.15) is 0 Å². The number of carbonyl (C=O) groups excluding carboxylic acids is 1. The molecule has 3 aromatic rings. The molecule has 0 aliphatic carbocycles. The van der Waals surface area contributed by atoms with Crippen molar-refractivity contribution in [3.63, 3.8) is 0 Å². The smallest absolute Gasteiger partial charge is 0.254 e. The first kappa shape index (κ1) is 20.6. The normalized spacial score (nSPS) is 10.8. The first-order valence-corrected chi connectivity index (χ1v) is 10.2. The Morgan fingerprint density at radius 3 is 2.64 bits per heavy atom. The standard InChI is InChI=1S/C22H22BrClN2O2/c1-28-13-12-26(22(27)18-7-9-19(23)10-8-18)16-21-6-3-11-25(21)15-17-4-2-5-20(24)14-17/h2-11,14H,12-13,15-16H2,1H3. The summed E-state index contributed by atoms with van der Waals surface area (Å²) in [6.45, 7) is 2.21. The summed E-state index contributed by atoms with van der Waals surface area (Å²) in [6.07, 6.45) is 2.02. The minimum atomic E-state index is -0.0138. The molecule has 0 N–H and O–H groups in total. The Hall–Kier alpha value is -2.08. The van der Waals surface area contributed by atoms with Crippen LogP contribution in [0.4, 0.5) is 0 Å². The summed E-state index contributed by atoms with van der Waals surface area (Å²) in [4.78, 5) is 14.8. The number of hydrogen-bond donors (Lipinski definition) is 0. The Morgan fingerprint density at radius 1 is 1.14 bits per heavy atom. The fraction of sp³-hybridized carbons (Fsp3) is 0.227. The lowest BCUT2D eigenvalue weighted by Gasteiger charge is -2.23. The number of benzene rings is 2. The van der Waals surface area contributed by atoms with E-state index in [1.165, 1.54) is 0 Å². The maximum Gasteiger partial charge on any atom is 0.254 e. The van der Waals surface area contributed by atoms with Gasteiger partial charge in [0.2, 0.25) is 0 Å². The van der Waals surface area contributed by atoms with Crippen LogP contribution in [-0.4, -0.2) is 35.6 Å². The minimum Gasteiger partial charge on any atom is -0.383 e. The average molecular weight is 462 g/mol. The topological polar surface area (TPSA) is 34.5 Å². The van der Waals surface area contributed by atoms with Crippen LogP contribution in [0.25, 0.3) is 0 Å². The number of methoxy groups -OCH3 is 1. The van der Waals surface area contributed by atoms with Gasteiger partial charge in [0.15, 0.2) is 0 Å². The van der Waals surface area contributed by atoms with Crippen LogP contribution >= 0.6 is 27.5 Å². The van der Waals surface area contributed by atoms with Crippen molar-refractivity contribution in [2.75, 3.05) is 20.3 Å². The van der Waals surface area contributed by atoms with Crippen molar-refractivity contribution >= 4 is 33.4 Å². The molecular weight excluding hydrogens is 440 g/mol. The fourth-order valence-corrected chi connectivity index (χ4v) is 3.48. The highest BCUT2D eigenvalue weighted by atomic mass is 79.9. The van der Waals surface area contributed by atoms with Crippen LogP contribution < -0.4 is 0 Å². The minimum absolute atomic E-state index is 0.0138. The summed E-state index contributed by atoms with van der Waals surface area (Å²) in [6, 6.07) is 19.3. The van der Waals surface area contributed by atoms with Crippen LogP contribution in [0.3, 0.4) is 0 Å². The van der Waals surface area contributed by atoms with Crippen molar-refractivity contribution < 1.29 is 9.53 Å². The van der Waals surface area contributed by atoms with Crippen LogP contribution in [0, 0.1) is 0 Å². The van der Waals surface area contributed by atoms with Crippen LogP contribution in [0.15, 0.2) is 71.3 Å². The van der Waals surface area contributed by atoms with E-state index in [0.717, 1.165) is 20.8 Å². The van der Waals surface area contributed by atoms with E-state index in [1.807, 2.05) is 71.8 Å². The van der Waals surface area contributed by atoms with Gasteiger partial charge in [0.1, 0.15) is 0 Å². The molecule has 0 aliphatic heterocycles. The van der Waals surface area contributed by atoms with Gasteiger partial charge in [-0.05, 0) is 54.1 Å². The van der Waals surface area contributed by atoms with E-state index >= 15 is 0 Å². The molecule has 6 heteroatoms. The maximum absolute atomic E-state index is 13.0. The van der Waals surface area contributed by atoms with E-state index in [1.54, 1.807) is 7.11 Å². The molecule has 0 saturated heterocycles. The van der Waals surface area contributed by atoms with E-state index in [0.29, 0.717) is 31.8 Å². The summed E-state index contributed by atoms with van der Waals surface area (Å²) in [5.41, 5.74) is 2.83. The third-order valence-electron chi connectivity index (χ3n) is 4.46. The lowest BCUT2D eigenvalue weighted by atomic mass is 10.2. The number of ether oxygens (including phenoxy) is 1. The average Bonchev–Trinajstić information content (AvgIpc) is 3.12. The van der Waals surface area contributed by atoms with E-state index in [2.05, 4.69) is 20.5 Å². The first-order chi connectivity index (χ1) is 13.6. The first-order valence-electron chi connectivity index (χ1n) is 8.99. The second kappa shape index (κ2) is 9.92. The van der Waals surface area contributed by atoms with Gasteiger partial charge in [-0.15, -0.1) is 0 Å². The highest BCUT2D eigenvalue weighted by molar-refractivity contribution is 9.10. The highest BCUT2D eigenvalue weighted by Gasteiger charge is 2.17. The second-order valence-corrected chi connectivity index (χ2v) is 7.84. The van der Waals surface area contributed by atoms with E-state index in [-0.39, 0.29) is 5.91 Å². The van der Waals surface area contributed by atoms with Gasteiger partial charge >= 0.3 is 0 Å². The maximum atomic E-state index is 13.0. The molecule has 0 saturated carbocycles. The van der Waals surface area contributed by atoms with Crippen LogP contribution in [0.2, 0.25) is 5.02 Å². The molecule has 0 bridgehead atoms. The van der Waals surface area contributed by atoms with Gasteiger partial charge in [-0.25, -0.2) is 0 Å². The second-order valence-electron chi connectivity index (χ2n) is 6.48. The number of rotatable bonds is 8. The molecule has 2 aromatic carbocycles. The summed E-state index contributed by atoms with van der Waals surface area (Å²) in [5, 5.41) is 0.721. The summed E-state index contributed by atoms with van der Waals surface area (Å²) >= 11 is 9.52. The molecule has 0 atom stereocenters. The third-order valence-corrected chi connectivity index (χ3v) is 5.23. The predicted molar refractivity (Wildman–Crippen MR) is 116 cm³/mol. The molecule has 4 nitrogen and oxygen atoms in total. The molecule has 1 amide bonds. The van der Waals surface area contributed by atoms with Gasteiger partial charge < -0.3 is 14.2 Å². The van der Waals surface area contributed by atoms with E-state index < -0.39 is 0 Å². The zero-order chi connectivity index (χ0) is 19.9. The third kappa shape index (κ3) is 5.47. The van der Waals surface area contributed by atoms with Gasteiger partial charge in [0.25, 0.3) is 5.91 Å². The molecule has 0 unspecified atom stereocenters. The quantitative estimate of drug-likeness (QED) is 0.460. The van der Waals surface area contributed by atoms with Crippen LogP contribution in [0.1, 0.15) is 21.6 Å². The SMILES string of the molecule is COCCN(Cc1cccn1Cc1cccc(Cl)c1)C(=O)c1ccc(Br)cc1. The van der Waals surface area contributed by atoms with Crippen LogP contribution in [0.5, 0.6) is 0 Å². The number of halogens is 2. The Kier molecular flexibility index (Phi) is 7.31. The zero-order valence-corrected chi connectivity index (χ0v) is 18.0. The van der Waals surface area contributed by atoms with Crippen molar-refractivity contribution in [3.8, 4) is 0 Å². The van der Waals surface area contributed by atoms with Crippen molar-refractivity contribution in [2.45, 2.75) is 13.1 Å². The van der Waals surface area contributed by atoms with Gasteiger partial charge in [0, 0.05) is 47.1 Å². The van der Waals surface area contributed by atoms with Crippen molar-refractivity contribution in [1.29, 1.82) is 0 Å². The molecular formula is C22H22BrClN2O2. The largest absolute Gasteiger partial charge is 0.383 e. The molecule has 0 aliphatic rings. The molecule has 0 fully saturated rings. The Morgan fingerprint density at radius 2 is 1.93 bits per heavy atom. The predicted octanol–water partition coefficient (Wildman–Crippen LogP) is 5.24. The van der Waals surface area contributed by atoms with Crippen molar-refractivity contribution in [2.24, 2.45) is 0 Å². The molecule has 0 radical (unpaired) electrons. The van der Waals surface area contributed by atoms with E-state index in [9.17, 15) is 4.79 Å². The Bertz CT molecular complexity index is 924. The van der Waals surface area contributed by atoms with Gasteiger partial charge in [-0.1, -0.05) is 39.7 Å². The van der Waals surface area contributed by atoms with Crippen molar-refractivity contribution in [1.82, 2.24) is 9.47 Å². The highest BCUT2D eigenvalue weighted by Crippen LogP contribution is 2.17. The molecule has 1 aromatic heterocycles. The van der Waals surface area contributed by atoms with E-state index in [4.69, 9.17) is 16.3 Å². The zero-order valence-electron chi connectivity index (χ0n) is 15.6. The fourth-order valence-electron chi connectivity index (χ4n) is 3.00. The lowest BCUT2D eigenvalue weighted by molar-refractivity contribution is 0.0676. The van der Waals surface area contributed by atoms with Gasteiger partial charge in [0.05, 0.1) is 13.2 Å². The number of carbonyl (C=O) groups is 1. The summed E-state index contributed by atoms with van der Waals surface area (Å²) in [5.74, 6) is -0.0138. The number of nitrogens with zero attached hydrogens (tertiary/aromatic N) is 2. The Labute approximate surface area is 178 Å². The summed E-state index contributed by atoms with van der Waals surface area (Å²) in [7, 11) is 1.64. The molecule has 28 heavy (non-hydrogen) atoms. The van der Waals surface area contributed by atoms with Crippen LogP contribution in [-0.2, 0) is 17.8 Å².